The van der Waals surface area contributed by atoms with Crippen molar-refractivity contribution in [1.82, 2.24) is 15.6 Å². The van der Waals surface area contributed by atoms with Crippen LogP contribution in [0, 0.1) is 0 Å². The first-order valence-corrected chi connectivity index (χ1v) is 6.22. The van der Waals surface area contributed by atoms with Gasteiger partial charge in [-0.05, 0) is 27.3 Å². The lowest BCUT2D eigenvalue weighted by atomic mass is 10.1. The molecule has 5 heteroatoms. The molecule has 0 aliphatic carbocycles. The largest absolute Gasteiger partial charge is 0.348 e. The lowest BCUT2D eigenvalue weighted by Gasteiger charge is -2.22. The van der Waals surface area contributed by atoms with Crippen LogP contribution in [-0.2, 0) is 17.8 Å². The fourth-order valence-electron chi connectivity index (χ4n) is 1.08. The second kappa shape index (κ2) is 5.41. The fraction of sp³-hybridized carbons (Fsp3) is 0.636. The number of hydrogen-bond donors (Lipinski definition) is 2. The first-order chi connectivity index (χ1) is 7.49. The highest BCUT2D eigenvalue weighted by Crippen LogP contribution is 2.13. The Bertz CT molecular complexity index is 360. The van der Waals surface area contributed by atoms with E-state index in [0.717, 1.165) is 11.4 Å². The smallest absolute Gasteiger partial charge is 0.240 e. The van der Waals surface area contributed by atoms with Crippen molar-refractivity contribution >= 4 is 17.2 Å². The highest BCUT2D eigenvalue weighted by atomic mass is 32.1. The molecule has 4 nitrogen and oxygen atoms in total. The molecule has 0 aromatic carbocycles. The van der Waals surface area contributed by atoms with Crippen LogP contribution in [0.25, 0.3) is 0 Å². The number of nitrogens with zero attached hydrogens (tertiary/aromatic N) is 1. The zero-order valence-corrected chi connectivity index (χ0v) is 11.1. The Balaban J connectivity index is 2.49. The standard InChI is InChI=1S/C11H19N3OS/c1-5-8-6-13-9(16-8)7-14-10(15)11(2,3)12-4/h6,12H,5,7H2,1-4H3,(H,14,15). The van der Waals surface area contributed by atoms with Crippen molar-refractivity contribution < 1.29 is 4.79 Å². The molecule has 0 spiro atoms. The summed E-state index contributed by atoms with van der Waals surface area (Å²) >= 11 is 1.65. The number of aromatic nitrogens is 1. The van der Waals surface area contributed by atoms with E-state index in [1.165, 1.54) is 4.88 Å². The van der Waals surface area contributed by atoms with Gasteiger partial charge in [-0.1, -0.05) is 6.92 Å². The Kier molecular flexibility index (Phi) is 4.44. The van der Waals surface area contributed by atoms with Gasteiger partial charge in [0, 0.05) is 11.1 Å². The average molecular weight is 241 g/mol. The molecule has 0 radical (unpaired) electrons. The summed E-state index contributed by atoms with van der Waals surface area (Å²) in [6, 6.07) is 0. The summed E-state index contributed by atoms with van der Waals surface area (Å²) in [5, 5.41) is 6.79. The lowest BCUT2D eigenvalue weighted by molar-refractivity contribution is -0.126. The van der Waals surface area contributed by atoms with Crippen molar-refractivity contribution in [3.8, 4) is 0 Å². The van der Waals surface area contributed by atoms with Crippen molar-refractivity contribution in [3.63, 3.8) is 0 Å². The van der Waals surface area contributed by atoms with Crippen LogP contribution in [-0.4, -0.2) is 23.5 Å². The van der Waals surface area contributed by atoms with E-state index in [0.29, 0.717) is 6.54 Å². The van der Waals surface area contributed by atoms with Crippen molar-refractivity contribution in [2.24, 2.45) is 0 Å². The number of likely N-dealkylation sites (N-methyl/N-ethyl adjacent to an activating group) is 1. The van der Waals surface area contributed by atoms with Gasteiger partial charge in [-0.15, -0.1) is 11.3 Å². The highest BCUT2D eigenvalue weighted by Gasteiger charge is 2.24. The molecule has 0 aliphatic rings. The maximum absolute atomic E-state index is 11.7. The van der Waals surface area contributed by atoms with Crippen LogP contribution in [0.15, 0.2) is 6.20 Å². The number of aryl methyl sites for hydroxylation is 1. The minimum absolute atomic E-state index is 0.0109. The Morgan fingerprint density at radius 1 is 1.56 bits per heavy atom. The van der Waals surface area contributed by atoms with Gasteiger partial charge in [0.25, 0.3) is 0 Å². The van der Waals surface area contributed by atoms with Crippen LogP contribution >= 0.6 is 11.3 Å². The van der Waals surface area contributed by atoms with Crippen LogP contribution in [0.1, 0.15) is 30.7 Å². The van der Waals surface area contributed by atoms with Crippen LogP contribution in [0.4, 0.5) is 0 Å². The van der Waals surface area contributed by atoms with Crippen molar-refractivity contribution in [3.05, 3.63) is 16.1 Å². The van der Waals surface area contributed by atoms with Gasteiger partial charge in [-0.25, -0.2) is 4.98 Å². The summed E-state index contributed by atoms with van der Waals surface area (Å²) in [7, 11) is 1.78. The second-order valence-corrected chi connectivity index (χ2v) is 5.33. The molecule has 1 aromatic heterocycles. The molecule has 0 atom stereocenters. The van der Waals surface area contributed by atoms with E-state index in [4.69, 9.17) is 0 Å². The first kappa shape index (κ1) is 13.1. The van der Waals surface area contributed by atoms with Crippen LogP contribution < -0.4 is 10.6 Å². The quantitative estimate of drug-likeness (QED) is 0.817. The van der Waals surface area contributed by atoms with E-state index in [2.05, 4.69) is 22.5 Å². The van der Waals surface area contributed by atoms with E-state index in [9.17, 15) is 4.79 Å². The van der Waals surface area contributed by atoms with Crippen LogP contribution in [0.3, 0.4) is 0 Å². The molecule has 0 aliphatic heterocycles. The number of thiazole rings is 1. The van der Waals surface area contributed by atoms with E-state index in [-0.39, 0.29) is 5.91 Å². The zero-order chi connectivity index (χ0) is 12.2. The van der Waals surface area contributed by atoms with Crippen molar-refractivity contribution in [2.45, 2.75) is 39.3 Å². The lowest BCUT2D eigenvalue weighted by Crippen LogP contribution is -2.50. The number of carbonyl (C=O) groups excluding carboxylic acids is 1. The van der Waals surface area contributed by atoms with E-state index < -0.39 is 5.54 Å². The molecule has 1 amide bonds. The third-order valence-corrected chi connectivity index (χ3v) is 3.68. The molecule has 0 saturated carbocycles. The minimum atomic E-state index is -0.537. The van der Waals surface area contributed by atoms with Gasteiger partial charge in [-0.3, -0.25) is 4.79 Å². The third kappa shape index (κ3) is 3.28. The molecular formula is C11H19N3OS. The summed E-state index contributed by atoms with van der Waals surface area (Å²) in [6.45, 7) is 6.30. The molecule has 0 bridgehead atoms. The summed E-state index contributed by atoms with van der Waals surface area (Å²) < 4.78 is 0. The van der Waals surface area contributed by atoms with E-state index in [1.54, 1.807) is 18.4 Å². The molecule has 1 rings (SSSR count). The molecule has 1 heterocycles. The van der Waals surface area contributed by atoms with Gasteiger partial charge in [0.2, 0.25) is 5.91 Å². The number of amides is 1. The summed E-state index contributed by atoms with van der Waals surface area (Å²) in [4.78, 5) is 17.2. The van der Waals surface area contributed by atoms with Crippen molar-refractivity contribution in [2.75, 3.05) is 7.05 Å². The number of hydrogen-bond acceptors (Lipinski definition) is 4. The van der Waals surface area contributed by atoms with Crippen LogP contribution in [0.2, 0.25) is 0 Å². The molecular weight excluding hydrogens is 222 g/mol. The van der Waals surface area contributed by atoms with E-state index in [1.807, 2.05) is 20.0 Å². The molecule has 0 fully saturated rings. The summed E-state index contributed by atoms with van der Waals surface area (Å²) in [5.74, 6) is -0.0109. The van der Waals surface area contributed by atoms with Gasteiger partial charge in [0.1, 0.15) is 5.01 Å². The third-order valence-electron chi connectivity index (χ3n) is 2.54. The summed E-state index contributed by atoms with van der Waals surface area (Å²) in [5.41, 5.74) is -0.537. The summed E-state index contributed by atoms with van der Waals surface area (Å²) in [6.07, 6.45) is 2.86. The van der Waals surface area contributed by atoms with E-state index >= 15 is 0 Å². The molecule has 0 saturated heterocycles. The monoisotopic (exact) mass is 241 g/mol. The number of carbonyl (C=O) groups is 1. The van der Waals surface area contributed by atoms with Gasteiger partial charge in [-0.2, -0.15) is 0 Å². The Hall–Kier alpha value is -0.940. The molecule has 2 N–H and O–H groups in total. The van der Waals surface area contributed by atoms with Crippen molar-refractivity contribution in [1.29, 1.82) is 0 Å². The Labute approximate surface area is 100 Å². The van der Waals surface area contributed by atoms with Gasteiger partial charge in [0.05, 0.1) is 12.1 Å². The molecule has 0 unspecified atom stereocenters. The highest BCUT2D eigenvalue weighted by molar-refractivity contribution is 7.11. The van der Waals surface area contributed by atoms with Crippen LogP contribution in [0.5, 0.6) is 0 Å². The number of nitrogens with one attached hydrogen (secondary N) is 2. The van der Waals surface area contributed by atoms with Gasteiger partial charge in [0.15, 0.2) is 0 Å². The molecule has 16 heavy (non-hydrogen) atoms. The maximum Gasteiger partial charge on any atom is 0.240 e. The predicted molar refractivity (Wildman–Crippen MR) is 66.5 cm³/mol. The van der Waals surface area contributed by atoms with Gasteiger partial charge >= 0.3 is 0 Å². The zero-order valence-electron chi connectivity index (χ0n) is 10.3. The maximum atomic E-state index is 11.7. The Morgan fingerprint density at radius 3 is 2.75 bits per heavy atom. The minimum Gasteiger partial charge on any atom is -0.348 e. The normalized spacial score (nSPS) is 11.5. The second-order valence-electron chi connectivity index (χ2n) is 4.13. The molecule has 1 aromatic rings. The Morgan fingerprint density at radius 2 is 2.25 bits per heavy atom. The fourth-order valence-corrected chi connectivity index (χ4v) is 1.89. The topological polar surface area (TPSA) is 54.0 Å². The average Bonchev–Trinajstić information content (AvgIpc) is 2.73. The predicted octanol–water partition coefficient (Wildman–Crippen LogP) is 1.32. The molecule has 90 valence electrons. The van der Waals surface area contributed by atoms with Gasteiger partial charge < -0.3 is 10.6 Å². The number of rotatable bonds is 5. The first-order valence-electron chi connectivity index (χ1n) is 5.40. The SMILES string of the molecule is CCc1cnc(CNC(=O)C(C)(C)NC)s1.